The summed E-state index contributed by atoms with van der Waals surface area (Å²) in [6.45, 7) is 2.66. The van der Waals surface area contributed by atoms with E-state index in [4.69, 9.17) is 4.74 Å². The lowest BCUT2D eigenvalue weighted by Gasteiger charge is -2.38. The van der Waals surface area contributed by atoms with Crippen LogP contribution >= 0.6 is 0 Å². The number of nitrogens with zero attached hydrogens (tertiary/aromatic N) is 3. The first kappa shape index (κ1) is 18.4. The van der Waals surface area contributed by atoms with Crippen LogP contribution in [0.4, 0.5) is 4.39 Å². The lowest BCUT2D eigenvalue weighted by molar-refractivity contribution is 0.0513. The Morgan fingerprint density at radius 2 is 2.12 bits per heavy atom. The first-order valence-electron chi connectivity index (χ1n) is 8.88. The minimum atomic E-state index is -0.202. The third kappa shape index (κ3) is 4.22. The van der Waals surface area contributed by atoms with Gasteiger partial charge >= 0.3 is 0 Å². The predicted octanol–water partition coefficient (Wildman–Crippen LogP) is 1.97. The predicted molar refractivity (Wildman–Crippen MR) is 99.5 cm³/mol. The molecule has 0 bridgehead atoms. The Hall–Kier alpha value is -2.41. The van der Waals surface area contributed by atoms with Crippen molar-refractivity contribution in [1.29, 1.82) is 0 Å². The second-order valence-corrected chi connectivity index (χ2v) is 6.63. The van der Waals surface area contributed by atoms with Gasteiger partial charge < -0.3 is 15.4 Å². The van der Waals surface area contributed by atoms with Gasteiger partial charge in [-0.05, 0) is 36.6 Å². The van der Waals surface area contributed by atoms with Gasteiger partial charge in [-0.2, -0.15) is 5.10 Å². The maximum absolute atomic E-state index is 13.8. The number of aromatic nitrogens is 2. The summed E-state index contributed by atoms with van der Waals surface area (Å²) in [4.78, 5) is 4.30. The number of ether oxygens (including phenoxy) is 1. The third-order valence-corrected chi connectivity index (χ3v) is 5.06. The minimum absolute atomic E-state index is 0.162. The Balaban J connectivity index is 1.68. The number of guanidine groups is 1. The van der Waals surface area contributed by atoms with Crippen molar-refractivity contribution >= 4 is 5.96 Å². The second-order valence-electron chi connectivity index (χ2n) is 6.63. The molecule has 1 fully saturated rings. The maximum Gasteiger partial charge on any atom is 0.191 e. The molecule has 2 aromatic rings. The highest BCUT2D eigenvalue weighted by Crippen LogP contribution is 2.34. The van der Waals surface area contributed by atoms with E-state index in [0.717, 1.165) is 24.1 Å². The summed E-state index contributed by atoms with van der Waals surface area (Å²) in [5.41, 5.74) is 1.92. The van der Waals surface area contributed by atoms with Gasteiger partial charge in [0.15, 0.2) is 5.96 Å². The van der Waals surface area contributed by atoms with Gasteiger partial charge in [0, 0.05) is 45.5 Å². The van der Waals surface area contributed by atoms with E-state index in [9.17, 15) is 4.39 Å². The summed E-state index contributed by atoms with van der Waals surface area (Å²) < 4.78 is 21.1. The summed E-state index contributed by atoms with van der Waals surface area (Å²) in [5.74, 6) is 0.514. The Labute approximate surface area is 153 Å². The Bertz CT molecular complexity index is 752. The average Bonchev–Trinajstić information content (AvgIpc) is 3.07. The molecule has 1 aliphatic heterocycles. The first-order valence-corrected chi connectivity index (χ1v) is 8.88. The Morgan fingerprint density at radius 1 is 1.31 bits per heavy atom. The van der Waals surface area contributed by atoms with Crippen molar-refractivity contribution in [2.75, 3.05) is 26.8 Å². The van der Waals surface area contributed by atoms with E-state index < -0.39 is 0 Å². The fourth-order valence-corrected chi connectivity index (χ4v) is 3.37. The van der Waals surface area contributed by atoms with Crippen molar-refractivity contribution in [2.24, 2.45) is 12.0 Å². The second kappa shape index (κ2) is 8.31. The highest BCUT2D eigenvalue weighted by Gasteiger charge is 2.34. The molecule has 0 spiro atoms. The molecule has 26 heavy (non-hydrogen) atoms. The lowest BCUT2D eigenvalue weighted by Crippen LogP contribution is -2.48. The molecular weight excluding hydrogens is 333 g/mol. The van der Waals surface area contributed by atoms with Crippen LogP contribution in [0.25, 0.3) is 0 Å². The van der Waals surface area contributed by atoms with Crippen LogP contribution in [-0.4, -0.2) is 42.5 Å². The molecule has 0 saturated carbocycles. The molecule has 7 heteroatoms. The normalized spacial score (nSPS) is 17.1. The SMILES string of the molecule is CN=C(NCc1ccnn1C)NCC1(c2cccc(F)c2)CCOCC1. The van der Waals surface area contributed by atoms with Gasteiger partial charge in [-0.1, -0.05) is 12.1 Å². The number of benzene rings is 1. The number of halogens is 1. The van der Waals surface area contributed by atoms with E-state index in [0.29, 0.717) is 32.3 Å². The van der Waals surface area contributed by atoms with Crippen molar-refractivity contribution in [3.8, 4) is 0 Å². The third-order valence-electron chi connectivity index (χ3n) is 5.06. The van der Waals surface area contributed by atoms with Crippen molar-refractivity contribution in [3.05, 3.63) is 53.6 Å². The van der Waals surface area contributed by atoms with Gasteiger partial charge in [0.25, 0.3) is 0 Å². The molecule has 0 atom stereocenters. The number of hydrogen-bond donors (Lipinski definition) is 2. The van der Waals surface area contributed by atoms with E-state index in [1.807, 2.05) is 23.9 Å². The molecule has 6 nitrogen and oxygen atoms in total. The van der Waals surface area contributed by atoms with Crippen LogP contribution < -0.4 is 10.6 Å². The van der Waals surface area contributed by atoms with Gasteiger partial charge in [0.1, 0.15) is 5.82 Å². The summed E-state index contributed by atoms with van der Waals surface area (Å²) in [6.07, 6.45) is 3.47. The zero-order chi connectivity index (χ0) is 18.4. The molecule has 140 valence electrons. The number of aliphatic imine (C=N–C) groups is 1. The Morgan fingerprint density at radius 3 is 2.77 bits per heavy atom. The molecule has 2 N–H and O–H groups in total. The minimum Gasteiger partial charge on any atom is -0.381 e. The molecule has 1 aromatic carbocycles. The first-order chi connectivity index (χ1) is 12.6. The maximum atomic E-state index is 13.8. The number of hydrogen-bond acceptors (Lipinski definition) is 3. The molecular formula is C19H26FN5O. The summed E-state index contributed by atoms with van der Waals surface area (Å²) in [7, 11) is 3.66. The molecule has 0 radical (unpaired) electrons. The van der Waals surface area contributed by atoms with Crippen molar-refractivity contribution in [3.63, 3.8) is 0 Å². The highest BCUT2D eigenvalue weighted by molar-refractivity contribution is 5.79. The van der Waals surface area contributed by atoms with Crippen LogP contribution in [0.2, 0.25) is 0 Å². The fraction of sp³-hybridized carbons (Fsp3) is 0.474. The van der Waals surface area contributed by atoms with Gasteiger partial charge in [0.05, 0.1) is 12.2 Å². The van der Waals surface area contributed by atoms with E-state index >= 15 is 0 Å². The standard InChI is InChI=1S/C19H26FN5O/c1-21-18(22-13-17-6-9-24-25(17)2)23-14-19(7-10-26-11-8-19)15-4-3-5-16(20)12-15/h3-6,9,12H,7-8,10-11,13-14H2,1-2H3,(H2,21,22,23). The summed E-state index contributed by atoms with van der Waals surface area (Å²) in [6, 6.07) is 8.86. The molecule has 0 aliphatic carbocycles. The highest BCUT2D eigenvalue weighted by atomic mass is 19.1. The van der Waals surface area contributed by atoms with Crippen molar-refractivity contribution in [2.45, 2.75) is 24.8 Å². The molecule has 1 saturated heterocycles. The van der Waals surface area contributed by atoms with E-state index in [1.165, 1.54) is 6.07 Å². The molecule has 2 heterocycles. The molecule has 0 unspecified atom stereocenters. The van der Waals surface area contributed by atoms with E-state index in [1.54, 1.807) is 25.4 Å². The van der Waals surface area contributed by atoms with Crippen molar-refractivity contribution in [1.82, 2.24) is 20.4 Å². The Kier molecular flexibility index (Phi) is 5.88. The smallest absolute Gasteiger partial charge is 0.191 e. The van der Waals surface area contributed by atoms with Gasteiger partial charge in [-0.3, -0.25) is 9.67 Å². The largest absolute Gasteiger partial charge is 0.381 e. The van der Waals surface area contributed by atoms with Crippen LogP contribution in [0.15, 0.2) is 41.5 Å². The average molecular weight is 359 g/mol. The van der Waals surface area contributed by atoms with Crippen LogP contribution in [0.1, 0.15) is 24.1 Å². The van der Waals surface area contributed by atoms with Crippen LogP contribution in [-0.2, 0) is 23.7 Å². The molecule has 1 aliphatic rings. The summed E-state index contributed by atoms with van der Waals surface area (Å²) in [5, 5.41) is 10.9. The summed E-state index contributed by atoms with van der Waals surface area (Å²) >= 11 is 0. The quantitative estimate of drug-likeness (QED) is 0.633. The van der Waals surface area contributed by atoms with Gasteiger partial charge in [-0.15, -0.1) is 0 Å². The molecule has 3 rings (SSSR count). The number of rotatable bonds is 5. The van der Waals surface area contributed by atoms with Gasteiger partial charge in [0.2, 0.25) is 0 Å². The van der Waals surface area contributed by atoms with E-state index in [2.05, 4.69) is 20.7 Å². The molecule has 1 aromatic heterocycles. The number of aryl methyl sites for hydroxylation is 1. The topological polar surface area (TPSA) is 63.5 Å². The van der Waals surface area contributed by atoms with Crippen LogP contribution in [0.5, 0.6) is 0 Å². The molecule has 0 amide bonds. The number of nitrogens with one attached hydrogen (secondary N) is 2. The zero-order valence-corrected chi connectivity index (χ0v) is 15.3. The van der Waals surface area contributed by atoms with Crippen molar-refractivity contribution < 1.29 is 9.13 Å². The lowest BCUT2D eigenvalue weighted by atomic mass is 9.74. The van der Waals surface area contributed by atoms with E-state index in [-0.39, 0.29) is 11.2 Å². The zero-order valence-electron chi connectivity index (χ0n) is 15.3. The van der Waals surface area contributed by atoms with Crippen LogP contribution in [0, 0.1) is 5.82 Å². The van der Waals surface area contributed by atoms with Crippen LogP contribution in [0.3, 0.4) is 0 Å². The van der Waals surface area contributed by atoms with Gasteiger partial charge in [-0.25, -0.2) is 4.39 Å². The fourth-order valence-electron chi connectivity index (χ4n) is 3.37. The monoisotopic (exact) mass is 359 g/mol.